The highest BCUT2D eigenvalue weighted by Crippen LogP contribution is 2.65. The smallest absolute Gasteiger partial charge is 0.0720 e. The molecule has 3 aliphatic rings. The van der Waals surface area contributed by atoms with Crippen LogP contribution in [0.1, 0.15) is 69.5 Å². The summed E-state index contributed by atoms with van der Waals surface area (Å²) in [6, 6.07) is 72.7. The van der Waals surface area contributed by atoms with Crippen LogP contribution < -0.4 is 5.32 Å². The lowest BCUT2D eigenvalue weighted by Gasteiger charge is -2.49. The molecule has 54 heavy (non-hydrogen) atoms. The molecule has 0 bridgehead atoms. The molecule has 256 valence electrons. The molecule has 0 saturated heterocycles. The van der Waals surface area contributed by atoms with Crippen LogP contribution in [0.3, 0.4) is 0 Å². The molecule has 1 heteroatoms. The third kappa shape index (κ3) is 3.94. The first kappa shape index (κ1) is 31.1. The maximum absolute atomic E-state index is 3.87. The molecule has 11 rings (SSSR count). The van der Waals surface area contributed by atoms with Crippen LogP contribution in [0.2, 0.25) is 0 Å². The highest BCUT2D eigenvalue weighted by Gasteiger charge is 2.57. The van der Waals surface area contributed by atoms with Gasteiger partial charge in [0.1, 0.15) is 0 Å². The molecule has 2 unspecified atom stereocenters. The van der Waals surface area contributed by atoms with Crippen molar-refractivity contribution < 1.29 is 0 Å². The Morgan fingerprint density at radius 1 is 0.315 bits per heavy atom. The first-order valence-corrected chi connectivity index (χ1v) is 19.1. The second-order valence-corrected chi connectivity index (χ2v) is 15.7. The fourth-order valence-electron chi connectivity index (χ4n) is 10.6. The van der Waals surface area contributed by atoms with E-state index >= 15 is 0 Å². The molecular weight excluding hydrogens is 651 g/mol. The van der Waals surface area contributed by atoms with E-state index in [1.54, 1.807) is 0 Å². The van der Waals surface area contributed by atoms with Crippen molar-refractivity contribution in [2.24, 2.45) is 0 Å². The van der Waals surface area contributed by atoms with Gasteiger partial charge in [-0.1, -0.05) is 184 Å². The van der Waals surface area contributed by atoms with Crippen molar-refractivity contribution >= 4 is 11.4 Å². The van der Waals surface area contributed by atoms with Crippen molar-refractivity contribution in [2.75, 3.05) is 5.32 Å². The van der Waals surface area contributed by atoms with E-state index in [1.165, 1.54) is 77.9 Å². The van der Waals surface area contributed by atoms with E-state index in [4.69, 9.17) is 0 Å². The van der Waals surface area contributed by atoms with Gasteiger partial charge >= 0.3 is 0 Å². The van der Waals surface area contributed by atoms with Crippen molar-refractivity contribution in [1.82, 2.24) is 0 Å². The second kappa shape index (κ2) is 11.3. The van der Waals surface area contributed by atoms with Gasteiger partial charge in [-0.3, -0.25) is 0 Å². The third-order valence-electron chi connectivity index (χ3n) is 12.8. The largest absolute Gasteiger partial charge is 0.356 e. The van der Waals surface area contributed by atoms with Crippen molar-refractivity contribution in [3.8, 4) is 22.3 Å². The molecular formula is C53H39N. The Labute approximate surface area is 317 Å². The topological polar surface area (TPSA) is 12.0 Å². The molecule has 0 heterocycles. The minimum atomic E-state index is -0.581. The summed E-state index contributed by atoms with van der Waals surface area (Å²) in [6.45, 7) is 4.69. The monoisotopic (exact) mass is 689 g/mol. The van der Waals surface area contributed by atoms with Crippen LogP contribution in [0.5, 0.6) is 0 Å². The maximum Gasteiger partial charge on any atom is 0.0720 e. The van der Waals surface area contributed by atoms with E-state index < -0.39 is 10.8 Å². The average Bonchev–Trinajstić information content (AvgIpc) is 3.66. The van der Waals surface area contributed by atoms with Crippen LogP contribution in [0.4, 0.5) is 11.4 Å². The lowest BCUT2D eigenvalue weighted by molar-refractivity contribution is 0.627. The van der Waals surface area contributed by atoms with Gasteiger partial charge in [-0.05, 0) is 102 Å². The third-order valence-corrected chi connectivity index (χ3v) is 12.8. The first-order chi connectivity index (χ1) is 26.5. The van der Waals surface area contributed by atoms with E-state index in [9.17, 15) is 0 Å². The summed E-state index contributed by atoms with van der Waals surface area (Å²) in [6.07, 6.45) is 0. The zero-order chi connectivity index (χ0) is 36.1. The van der Waals surface area contributed by atoms with Gasteiger partial charge in [0.05, 0.1) is 10.8 Å². The van der Waals surface area contributed by atoms with Crippen molar-refractivity contribution in [3.63, 3.8) is 0 Å². The lowest BCUT2D eigenvalue weighted by Crippen LogP contribution is -2.44. The van der Waals surface area contributed by atoms with Gasteiger partial charge in [-0.25, -0.2) is 0 Å². The molecule has 0 aromatic heterocycles. The van der Waals surface area contributed by atoms with Gasteiger partial charge in [0.2, 0.25) is 0 Å². The van der Waals surface area contributed by atoms with E-state index in [1.807, 2.05) is 0 Å². The normalized spacial score (nSPS) is 19.2. The molecule has 0 spiro atoms. The predicted molar refractivity (Wildman–Crippen MR) is 223 cm³/mol. The molecule has 0 saturated carbocycles. The first-order valence-electron chi connectivity index (χ1n) is 19.1. The van der Waals surface area contributed by atoms with Crippen LogP contribution in [0.25, 0.3) is 22.3 Å². The molecule has 1 N–H and O–H groups in total. The molecule has 1 nitrogen and oxygen atoms in total. The molecule has 0 radical (unpaired) electrons. The summed E-state index contributed by atoms with van der Waals surface area (Å²) in [5.41, 5.74) is 19.7. The Morgan fingerprint density at radius 2 is 0.796 bits per heavy atom. The Balaban J connectivity index is 1.16. The molecule has 2 atom stereocenters. The summed E-state index contributed by atoms with van der Waals surface area (Å²) in [7, 11) is 0. The number of fused-ring (bicyclic) bond motifs is 8. The highest BCUT2D eigenvalue weighted by atomic mass is 14.9. The van der Waals surface area contributed by atoms with E-state index in [0.717, 1.165) is 11.4 Å². The van der Waals surface area contributed by atoms with Crippen LogP contribution in [-0.2, 0) is 16.2 Å². The van der Waals surface area contributed by atoms with Crippen molar-refractivity contribution in [1.29, 1.82) is 0 Å². The Bertz CT molecular complexity index is 2780. The second-order valence-electron chi connectivity index (χ2n) is 15.7. The number of anilines is 2. The summed E-state index contributed by atoms with van der Waals surface area (Å²) >= 11 is 0. The van der Waals surface area contributed by atoms with Crippen LogP contribution in [0.15, 0.2) is 194 Å². The summed E-state index contributed by atoms with van der Waals surface area (Å²) in [5.74, 6) is 0. The number of hydrogen-bond donors (Lipinski definition) is 1. The van der Waals surface area contributed by atoms with Gasteiger partial charge in [0.25, 0.3) is 0 Å². The van der Waals surface area contributed by atoms with Crippen LogP contribution in [-0.4, -0.2) is 0 Å². The molecule has 8 aromatic carbocycles. The zero-order valence-electron chi connectivity index (χ0n) is 30.5. The number of nitrogens with one attached hydrogen (secondary N) is 1. The zero-order valence-corrected chi connectivity index (χ0v) is 30.5. The fourth-order valence-corrected chi connectivity index (χ4v) is 10.6. The average molecular weight is 690 g/mol. The predicted octanol–water partition coefficient (Wildman–Crippen LogP) is 12.8. The minimum absolute atomic E-state index is 0.0643. The van der Waals surface area contributed by atoms with Crippen molar-refractivity contribution in [2.45, 2.75) is 30.1 Å². The van der Waals surface area contributed by atoms with E-state index in [0.29, 0.717) is 0 Å². The summed E-state index contributed by atoms with van der Waals surface area (Å²) in [5, 5.41) is 3.87. The summed E-state index contributed by atoms with van der Waals surface area (Å²) in [4.78, 5) is 0. The SMILES string of the molecule is CC1(C)c2ccccc2-c2ccc(Nc3cccc(C4(c5ccccc5)c5ccccc5C5(c6ccccc6)c6ccccc6-c6cccc4c65)c3)cc21. The number of hydrogen-bond acceptors (Lipinski definition) is 1. The lowest BCUT2D eigenvalue weighted by atomic mass is 9.52. The maximum atomic E-state index is 3.87. The molecule has 0 amide bonds. The van der Waals surface area contributed by atoms with Gasteiger partial charge in [0.15, 0.2) is 0 Å². The number of rotatable bonds is 5. The fraction of sp³-hybridized carbons (Fsp3) is 0.0943. The van der Waals surface area contributed by atoms with E-state index in [-0.39, 0.29) is 5.41 Å². The standard InChI is InChI=1S/C53H39N/c1-51(2)44-26-11-9-23-40(44)42-32-31-39(34-49(42)51)54-38-22-15-21-37(33-38)52(35-17-5-3-6-18-35)46-28-13-14-29-47(46)53(36-19-7-4-8-20-36)45-27-12-10-24-41(45)43-25-16-30-48(52)50(43)53/h3-34,54H,1-2H3. The van der Waals surface area contributed by atoms with Gasteiger partial charge in [0, 0.05) is 16.8 Å². The van der Waals surface area contributed by atoms with Gasteiger partial charge in [-0.15, -0.1) is 0 Å². The molecule has 3 aliphatic carbocycles. The quantitative estimate of drug-likeness (QED) is 0.190. The molecule has 0 aliphatic heterocycles. The molecule has 0 fully saturated rings. The summed E-state index contributed by atoms with van der Waals surface area (Å²) < 4.78 is 0. The minimum Gasteiger partial charge on any atom is -0.356 e. The van der Waals surface area contributed by atoms with Gasteiger partial charge < -0.3 is 5.32 Å². The van der Waals surface area contributed by atoms with Crippen LogP contribution >= 0.6 is 0 Å². The number of benzene rings is 8. The van der Waals surface area contributed by atoms with Crippen molar-refractivity contribution in [3.05, 3.63) is 250 Å². The highest BCUT2D eigenvalue weighted by molar-refractivity contribution is 5.92. The Hall–Kier alpha value is -6.44. The van der Waals surface area contributed by atoms with E-state index in [2.05, 4.69) is 213 Å². The van der Waals surface area contributed by atoms with Crippen LogP contribution in [0, 0.1) is 0 Å². The Kier molecular flexibility index (Phi) is 6.50. The Morgan fingerprint density at radius 3 is 1.52 bits per heavy atom. The van der Waals surface area contributed by atoms with Gasteiger partial charge in [-0.2, -0.15) is 0 Å². The molecule has 8 aromatic rings.